The maximum absolute atomic E-state index is 8.64. The standard InChI is InChI=1S/C12H15ClN2O/c1-8(7-14)16-12-5-4-10(6-11(12)13)9(2)15-3/h4-6,8-9,15H,1-3H3. The van der Waals surface area contributed by atoms with Crippen molar-refractivity contribution in [3.8, 4) is 11.8 Å². The van der Waals surface area contributed by atoms with Gasteiger partial charge in [0.15, 0.2) is 6.10 Å². The highest BCUT2D eigenvalue weighted by molar-refractivity contribution is 6.32. The van der Waals surface area contributed by atoms with E-state index in [1.165, 1.54) is 0 Å². The van der Waals surface area contributed by atoms with Crippen LogP contribution in [0.2, 0.25) is 5.02 Å². The molecule has 0 fully saturated rings. The quantitative estimate of drug-likeness (QED) is 0.877. The molecule has 1 N–H and O–H groups in total. The van der Waals surface area contributed by atoms with Gasteiger partial charge < -0.3 is 10.1 Å². The summed E-state index contributed by atoms with van der Waals surface area (Å²) in [4.78, 5) is 0. The van der Waals surface area contributed by atoms with Crippen molar-refractivity contribution in [1.82, 2.24) is 5.32 Å². The third kappa shape index (κ3) is 3.13. The second-order valence-electron chi connectivity index (χ2n) is 3.59. The molecule has 0 spiro atoms. The van der Waals surface area contributed by atoms with E-state index in [9.17, 15) is 0 Å². The third-order valence-corrected chi connectivity index (χ3v) is 2.67. The molecule has 16 heavy (non-hydrogen) atoms. The SMILES string of the molecule is CNC(C)c1ccc(OC(C)C#N)c(Cl)c1. The van der Waals surface area contributed by atoms with E-state index >= 15 is 0 Å². The topological polar surface area (TPSA) is 45.0 Å². The van der Waals surface area contributed by atoms with Gasteiger partial charge in [-0.15, -0.1) is 0 Å². The van der Waals surface area contributed by atoms with Crippen molar-refractivity contribution in [2.45, 2.75) is 26.0 Å². The lowest BCUT2D eigenvalue weighted by Crippen LogP contribution is -2.13. The first kappa shape index (κ1) is 12.8. The molecule has 86 valence electrons. The first-order chi connectivity index (χ1) is 7.58. The monoisotopic (exact) mass is 238 g/mol. The van der Waals surface area contributed by atoms with Crippen LogP contribution in [0.25, 0.3) is 0 Å². The fraction of sp³-hybridized carbons (Fsp3) is 0.417. The summed E-state index contributed by atoms with van der Waals surface area (Å²) in [6.07, 6.45) is -0.495. The smallest absolute Gasteiger partial charge is 0.181 e. The number of nitrogens with zero attached hydrogens (tertiary/aromatic N) is 1. The molecule has 1 aromatic carbocycles. The average Bonchev–Trinajstić information content (AvgIpc) is 2.30. The van der Waals surface area contributed by atoms with Crippen LogP contribution in [-0.2, 0) is 0 Å². The zero-order valence-electron chi connectivity index (χ0n) is 9.62. The van der Waals surface area contributed by atoms with E-state index < -0.39 is 6.10 Å². The second-order valence-corrected chi connectivity index (χ2v) is 4.00. The number of hydrogen-bond acceptors (Lipinski definition) is 3. The van der Waals surface area contributed by atoms with Gasteiger partial charge in [-0.05, 0) is 38.6 Å². The van der Waals surface area contributed by atoms with Crippen molar-refractivity contribution in [3.63, 3.8) is 0 Å². The van der Waals surface area contributed by atoms with Crippen molar-refractivity contribution in [2.24, 2.45) is 0 Å². The van der Waals surface area contributed by atoms with Crippen LogP contribution in [0.4, 0.5) is 0 Å². The van der Waals surface area contributed by atoms with E-state index in [0.717, 1.165) is 5.56 Å². The maximum atomic E-state index is 8.64. The number of nitrogens with one attached hydrogen (secondary N) is 1. The molecule has 0 bridgehead atoms. The van der Waals surface area contributed by atoms with Crippen molar-refractivity contribution in [2.75, 3.05) is 7.05 Å². The lowest BCUT2D eigenvalue weighted by atomic mass is 10.1. The van der Waals surface area contributed by atoms with E-state index in [2.05, 4.69) is 5.32 Å². The summed E-state index contributed by atoms with van der Waals surface area (Å²) in [6.45, 7) is 3.73. The number of hydrogen-bond donors (Lipinski definition) is 1. The van der Waals surface area contributed by atoms with Gasteiger partial charge in [0.2, 0.25) is 0 Å². The predicted molar refractivity (Wildman–Crippen MR) is 64.6 cm³/mol. The van der Waals surface area contributed by atoms with Crippen LogP contribution >= 0.6 is 11.6 Å². The van der Waals surface area contributed by atoms with Crippen molar-refractivity contribution >= 4 is 11.6 Å². The van der Waals surface area contributed by atoms with Crippen molar-refractivity contribution in [1.29, 1.82) is 5.26 Å². The van der Waals surface area contributed by atoms with Crippen LogP contribution in [0, 0.1) is 11.3 Å². The van der Waals surface area contributed by atoms with Gasteiger partial charge in [-0.2, -0.15) is 5.26 Å². The molecule has 0 radical (unpaired) electrons. The third-order valence-electron chi connectivity index (χ3n) is 2.37. The van der Waals surface area contributed by atoms with E-state index in [-0.39, 0.29) is 6.04 Å². The number of rotatable bonds is 4. The largest absolute Gasteiger partial charge is 0.474 e. The Hall–Kier alpha value is -1.24. The first-order valence-corrected chi connectivity index (χ1v) is 5.49. The minimum absolute atomic E-state index is 0.236. The summed E-state index contributed by atoms with van der Waals surface area (Å²) in [6, 6.07) is 7.81. The van der Waals surface area contributed by atoms with Crippen LogP contribution in [-0.4, -0.2) is 13.2 Å². The number of halogens is 1. The Labute approximate surface area is 101 Å². The van der Waals surface area contributed by atoms with Gasteiger partial charge in [0, 0.05) is 6.04 Å². The molecule has 2 unspecified atom stereocenters. The Morgan fingerprint density at radius 3 is 2.62 bits per heavy atom. The summed E-state index contributed by atoms with van der Waals surface area (Å²) in [5.74, 6) is 0.544. The summed E-state index contributed by atoms with van der Waals surface area (Å²) in [5, 5.41) is 12.3. The Balaban J connectivity index is 2.88. The summed E-state index contributed by atoms with van der Waals surface area (Å²) in [5.41, 5.74) is 1.09. The van der Waals surface area contributed by atoms with Gasteiger partial charge in [-0.1, -0.05) is 17.7 Å². The van der Waals surface area contributed by atoms with Gasteiger partial charge in [0.25, 0.3) is 0 Å². The van der Waals surface area contributed by atoms with E-state index in [1.807, 2.05) is 32.2 Å². The minimum Gasteiger partial charge on any atom is -0.474 e. The van der Waals surface area contributed by atoms with Gasteiger partial charge >= 0.3 is 0 Å². The fourth-order valence-electron chi connectivity index (χ4n) is 1.27. The molecule has 0 aliphatic rings. The van der Waals surface area contributed by atoms with Crippen molar-refractivity contribution < 1.29 is 4.74 Å². The molecule has 2 atom stereocenters. The molecule has 1 aromatic rings. The first-order valence-electron chi connectivity index (χ1n) is 5.11. The van der Waals surface area contributed by atoms with Gasteiger partial charge in [0.1, 0.15) is 11.8 Å². The number of ether oxygens (including phenoxy) is 1. The summed E-state index contributed by atoms with van der Waals surface area (Å²) < 4.78 is 5.35. The molecular formula is C12H15ClN2O. The Morgan fingerprint density at radius 1 is 1.44 bits per heavy atom. The van der Waals surface area contributed by atoms with Crippen LogP contribution in [0.3, 0.4) is 0 Å². The molecule has 0 aromatic heterocycles. The molecule has 0 amide bonds. The molecule has 0 aliphatic heterocycles. The minimum atomic E-state index is -0.495. The summed E-state index contributed by atoms with van der Waals surface area (Å²) >= 11 is 6.07. The summed E-state index contributed by atoms with van der Waals surface area (Å²) in [7, 11) is 1.89. The highest BCUT2D eigenvalue weighted by atomic mass is 35.5. The molecule has 0 saturated heterocycles. The van der Waals surface area contributed by atoms with E-state index in [4.69, 9.17) is 21.6 Å². The molecule has 0 aliphatic carbocycles. The van der Waals surface area contributed by atoms with Crippen molar-refractivity contribution in [3.05, 3.63) is 28.8 Å². The lowest BCUT2D eigenvalue weighted by molar-refractivity contribution is 0.276. The fourth-order valence-corrected chi connectivity index (χ4v) is 1.50. The van der Waals surface area contributed by atoms with Crippen LogP contribution in [0.15, 0.2) is 18.2 Å². The number of benzene rings is 1. The highest BCUT2D eigenvalue weighted by Gasteiger charge is 2.09. The van der Waals surface area contributed by atoms with Crippen LogP contribution in [0.1, 0.15) is 25.5 Å². The number of nitriles is 1. The molecule has 4 heteroatoms. The molecule has 0 heterocycles. The predicted octanol–water partition coefficient (Wildman–Crippen LogP) is 2.91. The second kappa shape index (κ2) is 5.74. The Morgan fingerprint density at radius 2 is 2.12 bits per heavy atom. The Kier molecular flexibility index (Phi) is 4.60. The maximum Gasteiger partial charge on any atom is 0.181 e. The zero-order valence-corrected chi connectivity index (χ0v) is 10.4. The van der Waals surface area contributed by atoms with Crippen LogP contribution in [0.5, 0.6) is 5.75 Å². The molecule has 1 rings (SSSR count). The van der Waals surface area contributed by atoms with Gasteiger partial charge in [-0.25, -0.2) is 0 Å². The average molecular weight is 239 g/mol. The molecular weight excluding hydrogens is 224 g/mol. The van der Waals surface area contributed by atoms with E-state index in [0.29, 0.717) is 10.8 Å². The van der Waals surface area contributed by atoms with Gasteiger partial charge in [-0.3, -0.25) is 0 Å². The molecule has 0 saturated carbocycles. The van der Waals surface area contributed by atoms with Gasteiger partial charge in [0.05, 0.1) is 5.02 Å². The normalized spacial score (nSPS) is 13.9. The molecule has 3 nitrogen and oxygen atoms in total. The lowest BCUT2D eigenvalue weighted by Gasteiger charge is -2.14. The van der Waals surface area contributed by atoms with Crippen LogP contribution < -0.4 is 10.1 Å². The van der Waals surface area contributed by atoms with E-state index in [1.54, 1.807) is 13.0 Å². The zero-order chi connectivity index (χ0) is 12.1. The highest BCUT2D eigenvalue weighted by Crippen LogP contribution is 2.28. The Bertz CT molecular complexity index is 400.